The average molecular weight is 246 g/mol. The molecule has 0 fully saturated rings. The molecule has 0 spiro atoms. The van der Waals surface area contributed by atoms with Crippen molar-refractivity contribution in [3.8, 4) is 0 Å². The van der Waals surface area contributed by atoms with Gasteiger partial charge in [-0.1, -0.05) is 6.92 Å². The fraction of sp³-hybridized carbons (Fsp3) is 0.667. The summed E-state index contributed by atoms with van der Waals surface area (Å²) in [5, 5.41) is 6.27. The van der Waals surface area contributed by atoms with Crippen molar-refractivity contribution < 1.29 is 8.42 Å². The maximum absolute atomic E-state index is 11.8. The molecule has 1 aromatic rings. The summed E-state index contributed by atoms with van der Waals surface area (Å²) in [5.41, 5.74) is 6.23. The van der Waals surface area contributed by atoms with Gasteiger partial charge in [-0.15, -0.1) is 0 Å². The van der Waals surface area contributed by atoms with Crippen molar-refractivity contribution in [3.05, 3.63) is 11.9 Å². The number of aromatic nitrogens is 2. The van der Waals surface area contributed by atoms with E-state index in [4.69, 9.17) is 5.73 Å². The van der Waals surface area contributed by atoms with E-state index in [1.807, 2.05) is 6.92 Å². The molecule has 0 bridgehead atoms. The minimum Gasteiger partial charge on any atom is -0.328 e. The lowest BCUT2D eigenvalue weighted by Gasteiger charge is -2.09. The van der Waals surface area contributed by atoms with Crippen LogP contribution in [-0.2, 0) is 10.0 Å². The summed E-state index contributed by atoms with van der Waals surface area (Å²) < 4.78 is 26.0. The third kappa shape index (κ3) is 3.29. The Bertz CT molecular complexity index is 426. The van der Waals surface area contributed by atoms with Gasteiger partial charge in [0.2, 0.25) is 10.0 Å². The fourth-order valence-corrected chi connectivity index (χ4v) is 2.45. The summed E-state index contributed by atoms with van der Waals surface area (Å²) in [6.07, 6.45) is 2.77. The number of nitrogens with one attached hydrogen (secondary N) is 2. The molecule has 1 atom stereocenters. The van der Waals surface area contributed by atoms with E-state index < -0.39 is 10.0 Å². The van der Waals surface area contributed by atoms with Crippen LogP contribution in [0, 0.1) is 6.92 Å². The Morgan fingerprint density at radius 3 is 2.81 bits per heavy atom. The molecule has 7 heteroatoms. The zero-order valence-corrected chi connectivity index (χ0v) is 10.3. The van der Waals surface area contributed by atoms with Gasteiger partial charge in [-0.3, -0.25) is 5.10 Å². The smallest absolute Gasteiger partial charge is 0.243 e. The van der Waals surface area contributed by atoms with Crippen molar-refractivity contribution >= 4 is 10.0 Å². The Morgan fingerprint density at radius 1 is 1.62 bits per heavy atom. The number of nitrogens with two attached hydrogens (primary N) is 1. The molecule has 0 radical (unpaired) electrons. The first-order valence-electron chi connectivity index (χ1n) is 5.22. The van der Waals surface area contributed by atoms with Crippen LogP contribution in [0.15, 0.2) is 11.1 Å². The highest BCUT2D eigenvalue weighted by Gasteiger charge is 2.17. The average Bonchev–Trinajstić information content (AvgIpc) is 2.64. The molecule has 1 unspecified atom stereocenters. The van der Waals surface area contributed by atoms with Gasteiger partial charge in [0.05, 0.1) is 11.9 Å². The van der Waals surface area contributed by atoms with Crippen molar-refractivity contribution in [1.82, 2.24) is 14.9 Å². The van der Waals surface area contributed by atoms with E-state index >= 15 is 0 Å². The van der Waals surface area contributed by atoms with Crippen LogP contribution in [0.1, 0.15) is 25.5 Å². The van der Waals surface area contributed by atoms with Gasteiger partial charge in [0, 0.05) is 12.6 Å². The lowest BCUT2D eigenvalue weighted by Crippen LogP contribution is -2.30. The van der Waals surface area contributed by atoms with Crippen LogP contribution in [0.25, 0.3) is 0 Å². The predicted octanol–water partition coefficient (Wildman–Crippen LogP) is 0.124. The Kier molecular flexibility index (Phi) is 4.45. The molecule has 6 nitrogen and oxygen atoms in total. The maximum atomic E-state index is 11.8. The zero-order valence-electron chi connectivity index (χ0n) is 9.53. The molecule has 1 aromatic heterocycles. The molecular weight excluding hydrogens is 228 g/mol. The molecule has 1 rings (SSSR count). The van der Waals surface area contributed by atoms with E-state index in [0.717, 1.165) is 6.42 Å². The fourth-order valence-electron chi connectivity index (χ4n) is 1.27. The van der Waals surface area contributed by atoms with E-state index in [9.17, 15) is 8.42 Å². The highest BCUT2D eigenvalue weighted by molar-refractivity contribution is 7.89. The summed E-state index contributed by atoms with van der Waals surface area (Å²) in [6.45, 7) is 3.99. The molecule has 1 heterocycles. The van der Waals surface area contributed by atoms with Crippen LogP contribution >= 0.6 is 0 Å². The topological polar surface area (TPSA) is 101 Å². The van der Waals surface area contributed by atoms with Crippen molar-refractivity contribution in [1.29, 1.82) is 0 Å². The van der Waals surface area contributed by atoms with Crippen molar-refractivity contribution in [2.45, 2.75) is 37.6 Å². The van der Waals surface area contributed by atoms with Crippen LogP contribution in [0.3, 0.4) is 0 Å². The van der Waals surface area contributed by atoms with Crippen molar-refractivity contribution in [3.63, 3.8) is 0 Å². The van der Waals surface area contributed by atoms with E-state index in [1.165, 1.54) is 6.20 Å². The lowest BCUT2D eigenvalue weighted by atomic mass is 10.2. The van der Waals surface area contributed by atoms with Crippen LogP contribution in [0.4, 0.5) is 0 Å². The monoisotopic (exact) mass is 246 g/mol. The number of hydrogen-bond acceptors (Lipinski definition) is 4. The van der Waals surface area contributed by atoms with Gasteiger partial charge < -0.3 is 5.73 Å². The Hall–Kier alpha value is -0.920. The van der Waals surface area contributed by atoms with E-state index in [0.29, 0.717) is 18.7 Å². The number of hydrogen-bond donors (Lipinski definition) is 3. The number of rotatable bonds is 6. The Morgan fingerprint density at radius 2 is 2.31 bits per heavy atom. The molecule has 16 heavy (non-hydrogen) atoms. The number of nitrogens with zero attached hydrogens (tertiary/aromatic N) is 1. The van der Waals surface area contributed by atoms with Crippen LogP contribution in [0.2, 0.25) is 0 Å². The normalized spacial score (nSPS) is 13.9. The van der Waals surface area contributed by atoms with E-state index in [-0.39, 0.29) is 10.9 Å². The van der Waals surface area contributed by atoms with Gasteiger partial charge in [-0.05, 0) is 19.8 Å². The van der Waals surface area contributed by atoms with Crippen molar-refractivity contribution in [2.75, 3.05) is 6.54 Å². The summed E-state index contributed by atoms with van der Waals surface area (Å²) in [6, 6.07) is 0.0353. The summed E-state index contributed by atoms with van der Waals surface area (Å²) >= 11 is 0. The first-order chi connectivity index (χ1) is 7.47. The van der Waals surface area contributed by atoms with Gasteiger partial charge in [0.15, 0.2) is 0 Å². The molecule has 0 aliphatic carbocycles. The number of aryl methyl sites for hydroxylation is 1. The minimum atomic E-state index is -3.45. The minimum absolute atomic E-state index is 0.0353. The third-order valence-electron chi connectivity index (χ3n) is 2.40. The van der Waals surface area contributed by atoms with Crippen LogP contribution in [0.5, 0.6) is 0 Å². The van der Waals surface area contributed by atoms with Crippen LogP contribution < -0.4 is 10.5 Å². The zero-order chi connectivity index (χ0) is 12.2. The molecule has 0 amide bonds. The van der Waals surface area contributed by atoms with Crippen molar-refractivity contribution in [2.24, 2.45) is 5.73 Å². The largest absolute Gasteiger partial charge is 0.328 e. The summed E-state index contributed by atoms with van der Waals surface area (Å²) in [5.74, 6) is 0. The molecule has 92 valence electrons. The molecule has 0 aromatic carbocycles. The second-order valence-electron chi connectivity index (χ2n) is 3.71. The molecule has 0 saturated heterocycles. The van der Waals surface area contributed by atoms with Gasteiger partial charge in [-0.2, -0.15) is 5.10 Å². The second kappa shape index (κ2) is 5.42. The molecular formula is C9H18N4O2S. The quantitative estimate of drug-likeness (QED) is 0.663. The second-order valence-corrected chi connectivity index (χ2v) is 5.45. The molecule has 0 aliphatic rings. The van der Waals surface area contributed by atoms with Gasteiger partial charge in [-0.25, -0.2) is 13.1 Å². The third-order valence-corrected chi connectivity index (χ3v) is 3.98. The number of aromatic amines is 1. The predicted molar refractivity (Wildman–Crippen MR) is 61.4 cm³/mol. The van der Waals surface area contributed by atoms with Crippen LogP contribution in [-0.4, -0.2) is 31.2 Å². The van der Waals surface area contributed by atoms with E-state index in [2.05, 4.69) is 14.9 Å². The Labute approximate surface area is 95.7 Å². The number of H-pyrrole nitrogens is 1. The first-order valence-corrected chi connectivity index (χ1v) is 6.71. The molecule has 0 saturated carbocycles. The SMILES string of the molecule is CCC(N)CCNS(=O)(=O)c1cn[nH]c1C. The highest BCUT2D eigenvalue weighted by Crippen LogP contribution is 2.10. The first kappa shape index (κ1) is 13.1. The standard InChI is InChI=1S/C9H18N4O2S/c1-3-8(10)4-5-12-16(14,15)9-6-11-13-7(9)2/h6,8,12H,3-5,10H2,1-2H3,(H,11,13). The Balaban J connectivity index is 2.57. The maximum Gasteiger partial charge on any atom is 0.243 e. The number of sulfonamides is 1. The molecule has 4 N–H and O–H groups in total. The van der Waals surface area contributed by atoms with Gasteiger partial charge in [0.1, 0.15) is 4.90 Å². The van der Waals surface area contributed by atoms with E-state index in [1.54, 1.807) is 6.92 Å². The van der Waals surface area contributed by atoms with Gasteiger partial charge in [0.25, 0.3) is 0 Å². The molecule has 0 aliphatic heterocycles. The summed E-state index contributed by atoms with van der Waals surface area (Å²) in [4.78, 5) is 0.192. The highest BCUT2D eigenvalue weighted by atomic mass is 32.2. The summed E-state index contributed by atoms with van der Waals surface area (Å²) in [7, 11) is -3.45. The van der Waals surface area contributed by atoms with Gasteiger partial charge >= 0.3 is 0 Å². The lowest BCUT2D eigenvalue weighted by molar-refractivity contribution is 0.557.